The van der Waals surface area contributed by atoms with Crippen molar-refractivity contribution >= 4 is 16.7 Å². The molecule has 1 aromatic carbocycles. The summed E-state index contributed by atoms with van der Waals surface area (Å²) in [5.74, 6) is -0.289. The molecule has 4 heteroatoms. The summed E-state index contributed by atoms with van der Waals surface area (Å²) in [6, 6.07) is 5.98. The standard InChI is InChI=1S/C9H7FNO.CH5N/c10-7-1-2-9-6(3-7)4-8(11)5-12-9;1-2/h1-5H,11H2;2H2,1H3/q+1;. The Hall–Kier alpha value is -1.68. The van der Waals surface area contributed by atoms with Gasteiger partial charge >= 0.3 is 11.8 Å². The average molecular weight is 195 g/mol. The van der Waals surface area contributed by atoms with Gasteiger partial charge in [-0.25, -0.2) is 8.81 Å². The number of hydrogen-bond acceptors (Lipinski definition) is 2. The number of benzene rings is 1. The van der Waals surface area contributed by atoms with E-state index in [4.69, 9.17) is 10.2 Å². The number of anilines is 1. The minimum Gasteiger partial charge on any atom is -0.392 e. The van der Waals surface area contributed by atoms with E-state index in [9.17, 15) is 4.39 Å². The van der Waals surface area contributed by atoms with Crippen molar-refractivity contribution in [2.75, 3.05) is 12.8 Å². The zero-order valence-corrected chi connectivity index (χ0v) is 7.83. The molecule has 0 saturated carbocycles. The zero-order valence-electron chi connectivity index (χ0n) is 7.83. The van der Waals surface area contributed by atoms with Gasteiger partial charge in [-0.1, -0.05) is 0 Å². The third-order valence-corrected chi connectivity index (χ3v) is 1.62. The second-order valence-electron chi connectivity index (χ2n) is 2.56. The Balaban J connectivity index is 0.000000461. The van der Waals surface area contributed by atoms with Crippen molar-refractivity contribution in [3.8, 4) is 0 Å². The molecule has 3 nitrogen and oxygen atoms in total. The minimum atomic E-state index is -0.289. The van der Waals surface area contributed by atoms with Gasteiger partial charge in [-0.05, 0) is 25.2 Å². The molecule has 0 radical (unpaired) electrons. The fourth-order valence-corrected chi connectivity index (χ4v) is 1.08. The summed E-state index contributed by atoms with van der Waals surface area (Å²) in [5.41, 5.74) is 11.1. The monoisotopic (exact) mass is 195 g/mol. The normalized spacial score (nSPS) is 9.36. The number of hydrogen-bond donors (Lipinski definition) is 2. The van der Waals surface area contributed by atoms with Gasteiger partial charge in [-0.15, -0.1) is 0 Å². The first kappa shape index (κ1) is 10.4. The van der Waals surface area contributed by atoms with E-state index in [1.807, 2.05) is 0 Å². The number of fused-ring (bicyclic) bond motifs is 1. The van der Waals surface area contributed by atoms with E-state index in [0.717, 1.165) is 0 Å². The maximum Gasteiger partial charge on any atom is 0.360 e. The van der Waals surface area contributed by atoms with Crippen molar-refractivity contribution in [3.05, 3.63) is 36.3 Å². The Bertz CT molecular complexity index is 395. The molecular formula is C10H12FN2O+. The van der Waals surface area contributed by atoms with Gasteiger partial charge in [0.25, 0.3) is 0 Å². The summed E-state index contributed by atoms with van der Waals surface area (Å²) in [6.07, 6.45) is 1.43. The molecule has 0 atom stereocenters. The predicted octanol–water partition coefficient (Wildman–Crippen LogP) is 2.01. The van der Waals surface area contributed by atoms with Gasteiger partial charge < -0.3 is 11.5 Å². The Morgan fingerprint density at radius 3 is 2.64 bits per heavy atom. The summed E-state index contributed by atoms with van der Waals surface area (Å²) in [6.45, 7) is 0. The Morgan fingerprint density at radius 1 is 1.21 bits per heavy atom. The van der Waals surface area contributed by atoms with Crippen molar-refractivity contribution in [2.24, 2.45) is 5.73 Å². The fourth-order valence-electron chi connectivity index (χ4n) is 1.08. The van der Waals surface area contributed by atoms with Crippen LogP contribution in [0.25, 0.3) is 11.0 Å². The summed E-state index contributed by atoms with van der Waals surface area (Å²) in [5, 5.41) is 0.676. The first-order valence-corrected chi connectivity index (χ1v) is 4.10. The third kappa shape index (κ3) is 2.17. The molecule has 1 heterocycles. The molecule has 0 aliphatic heterocycles. The number of nitrogen functional groups attached to an aromatic ring is 1. The fraction of sp³-hybridized carbons (Fsp3) is 0.100. The molecule has 0 bridgehead atoms. The van der Waals surface area contributed by atoms with E-state index in [-0.39, 0.29) is 5.82 Å². The maximum atomic E-state index is 12.7. The Morgan fingerprint density at radius 2 is 1.93 bits per heavy atom. The van der Waals surface area contributed by atoms with Crippen LogP contribution in [0.1, 0.15) is 0 Å². The summed E-state index contributed by atoms with van der Waals surface area (Å²) >= 11 is 0. The Kier molecular flexibility index (Phi) is 3.36. The van der Waals surface area contributed by atoms with Crippen molar-refractivity contribution < 1.29 is 8.81 Å². The third-order valence-electron chi connectivity index (χ3n) is 1.62. The topological polar surface area (TPSA) is 63.3 Å². The van der Waals surface area contributed by atoms with Gasteiger partial charge in [-0.3, -0.25) is 0 Å². The van der Waals surface area contributed by atoms with Crippen LogP contribution < -0.4 is 11.5 Å². The zero-order chi connectivity index (χ0) is 10.6. The molecule has 1 aromatic heterocycles. The summed E-state index contributed by atoms with van der Waals surface area (Å²) in [4.78, 5) is 0. The first-order valence-electron chi connectivity index (χ1n) is 4.10. The lowest BCUT2D eigenvalue weighted by molar-refractivity contribution is 0.599. The molecule has 74 valence electrons. The Labute approximate surface area is 81.1 Å². The second-order valence-corrected chi connectivity index (χ2v) is 2.56. The summed E-state index contributed by atoms with van der Waals surface area (Å²) in [7, 11) is 1.50. The molecule has 0 unspecified atom stereocenters. The second kappa shape index (κ2) is 4.53. The van der Waals surface area contributed by atoms with E-state index in [0.29, 0.717) is 16.7 Å². The van der Waals surface area contributed by atoms with Gasteiger partial charge in [0.05, 0.1) is 5.39 Å². The molecule has 0 amide bonds. The molecule has 0 fully saturated rings. The highest BCUT2D eigenvalue weighted by molar-refractivity contribution is 5.78. The molecule has 0 spiro atoms. The smallest absolute Gasteiger partial charge is 0.360 e. The van der Waals surface area contributed by atoms with Crippen LogP contribution in [0.2, 0.25) is 0 Å². The number of rotatable bonds is 0. The molecule has 0 saturated heterocycles. The van der Waals surface area contributed by atoms with E-state index >= 15 is 0 Å². The SMILES string of the molecule is CN.Nc1c[o+]c2ccc(F)cc2c1. The van der Waals surface area contributed by atoms with Crippen LogP contribution in [0.3, 0.4) is 0 Å². The average Bonchev–Trinajstić information content (AvgIpc) is 2.20. The van der Waals surface area contributed by atoms with Crippen LogP contribution in [0.5, 0.6) is 0 Å². The van der Waals surface area contributed by atoms with E-state index in [1.165, 1.54) is 25.4 Å². The molecule has 2 aromatic rings. The lowest BCUT2D eigenvalue weighted by Crippen LogP contribution is -1.83. The van der Waals surface area contributed by atoms with Gasteiger partial charge in [0.15, 0.2) is 0 Å². The highest BCUT2D eigenvalue weighted by atomic mass is 19.1. The molecule has 14 heavy (non-hydrogen) atoms. The van der Waals surface area contributed by atoms with Crippen LogP contribution in [0.4, 0.5) is 10.1 Å². The molecule has 0 aliphatic rings. The molecule has 2 rings (SSSR count). The van der Waals surface area contributed by atoms with Crippen LogP contribution in [-0.4, -0.2) is 7.05 Å². The van der Waals surface area contributed by atoms with Gasteiger partial charge in [-0.2, -0.15) is 0 Å². The summed E-state index contributed by atoms with van der Waals surface area (Å²) < 4.78 is 17.8. The largest absolute Gasteiger partial charge is 0.392 e. The van der Waals surface area contributed by atoms with Crippen molar-refractivity contribution in [1.29, 1.82) is 0 Å². The van der Waals surface area contributed by atoms with E-state index < -0.39 is 0 Å². The minimum absolute atomic E-state index is 0.289. The molecular weight excluding hydrogens is 183 g/mol. The van der Waals surface area contributed by atoms with E-state index in [1.54, 1.807) is 12.1 Å². The van der Waals surface area contributed by atoms with Crippen LogP contribution in [0.15, 0.2) is 34.9 Å². The van der Waals surface area contributed by atoms with Crippen LogP contribution in [-0.2, 0) is 0 Å². The predicted molar refractivity (Wildman–Crippen MR) is 55.1 cm³/mol. The van der Waals surface area contributed by atoms with Crippen molar-refractivity contribution in [1.82, 2.24) is 0 Å². The van der Waals surface area contributed by atoms with Crippen LogP contribution >= 0.6 is 0 Å². The highest BCUT2D eigenvalue weighted by Crippen LogP contribution is 2.17. The quantitative estimate of drug-likeness (QED) is 0.632. The van der Waals surface area contributed by atoms with Crippen molar-refractivity contribution in [2.45, 2.75) is 0 Å². The number of halogens is 1. The molecule has 4 N–H and O–H groups in total. The highest BCUT2D eigenvalue weighted by Gasteiger charge is 2.06. The number of nitrogens with two attached hydrogens (primary N) is 2. The maximum absolute atomic E-state index is 12.7. The van der Waals surface area contributed by atoms with Gasteiger partial charge in [0, 0.05) is 6.07 Å². The van der Waals surface area contributed by atoms with E-state index in [2.05, 4.69) is 5.73 Å². The van der Waals surface area contributed by atoms with Crippen LogP contribution in [0, 0.1) is 5.82 Å². The first-order chi connectivity index (χ1) is 6.75. The molecule has 0 aliphatic carbocycles. The van der Waals surface area contributed by atoms with Gasteiger partial charge in [0.2, 0.25) is 0 Å². The lowest BCUT2D eigenvalue weighted by atomic mass is 10.2. The van der Waals surface area contributed by atoms with Crippen molar-refractivity contribution in [3.63, 3.8) is 0 Å². The van der Waals surface area contributed by atoms with Gasteiger partial charge in [0.1, 0.15) is 11.5 Å². The lowest BCUT2D eigenvalue weighted by Gasteiger charge is -1.88.